The van der Waals surface area contributed by atoms with Gasteiger partial charge in [0, 0.05) is 35.4 Å². The summed E-state index contributed by atoms with van der Waals surface area (Å²) in [6, 6.07) is 30.2. The second kappa shape index (κ2) is 7.02. The molecule has 0 unspecified atom stereocenters. The van der Waals surface area contributed by atoms with Crippen molar-refractivity contribution in [1.82, 2.24) is 0 Å². The van der Waals surface area contributed by atoms with Crippen molar-refractivity contribution >= 4 is 0 Å². The number of nitrogens with two attached hydrogens (primary N) is 1. The Bertz CT molecular complexity index is 1060. The average molecular weight is 365 g/mol. The zero-order valence-electron chi connectivity index (χ0n) is 15.7. The number of nitrogens with zero attached hydrogens (tertiary/aromatic N) is 2. The summed E-state index contributed by atoms with van der Waals surface area (Å²) in [6.45, 7) is 0.508. The summed E-state index contributed by atoms with van der Waals surface area (Å²) in [4.78, 5) is 0. The van der Waals surface area contributed by atoms with E-state index in [0.29, 0.717) is 6.54 Å². The molecular weight excluding hydrogens is 342 g/mol. The Morgan fingerprint density at radius 3 is 1.61 bits per heavy atom. The monoisotopic (exact) mass is 365 g/mol. The zero-order valence-corrected chi connectivity index (χ0v) is 15.7. The average Bonchev–Trinajstić information content (AvgIpc) is 2.76. The summed E-state index contributed by atoms with van der Waals surface area (Å²) in [5, 5.41) is 0. The van der Waals surface area contributed by atoms with Crippen molar-refractivity contribution in [2.45, 2.75) is 12.6 Å². The van der Waals surface area contributed by atoms with Gasteiger partial charge in [-0.25, -0.2) is 0 Å². The molecule has 0 atom stereocenters. The molecule has 3 heteroatoms. The summed E-state index contributed by atoms with van der Waals surface area (Å²) < 4.78 is 4.60. The molecule has 1 aliphatic heterocycles. The second-order valence-electron chi connectivity index (χ2n) is 7.19. The van der Waals surface area contributed by atoms with Crippen LogP contribution < -0.4 is 14.9 Å². The third-order valence-corrected chi connectivity index (χ3v) is 5.60. The Kier molecular flexibility index (Phi) is 4.22. The van der Waals surface area contributed by atoms with E-state index in [1.54, 1.807) is 0 Å². The summed E-state index contributed by atoms with van der Waals surface area (Å²) in [5.74, 6) is 0. The van der Waals surface area contributed by atoms with Gasteiger partial charge in [0.05, 0.1) is 0 Å². The van der Waals surface area contributed by atoms with Gasteiger partial charge in [0.25, 0.3) is 0 Å². The minimum atomic E-state index is -0.00777. The molecule has 0 bridgehead atoms. The molecular formula is C25H23N3+2. The van der Waals surface area contributed by atoms with Crippen LogP contribution in [0.15, 0.2) is 97.3 Å². The van der Waals surface area contributed by atoms with Gasteiger partial charge in [-0.15, -0.1) is 9.13 Å². The molecule has 0 aliphatic carbocycles. The minimum Gasteiger partial charge on any atom is -0.319 e. The van der Waals surface area contributed by atoms with Crippen molar-refractivity contribution in [2.24, 2.45) is 5.73 Å². The van der Waals surface area contributed by atoms with Crippen molar-refractivity contribution in [1.29, 1.82) is 0 Å². The van der Waals surface area contributed by atoms with Crippen LogP contribution in [-0.4, -0.2) is 6.54 Å². The lowest BCUT2D eigenvalue weighted by molar-refractivity contribution is -0.932. The third-order valence-electron chi connectivity index (χ3n) is 5.60. The highest BCUT2D eigenvalue weighted by Crippen LogP contribution is 2.29. The van der Waals surface area contributed by atoms with Crippen LogP contribution >= 0.6 is 0 Å². The Morgan fingerprint density at radius 1 is 0.643 bits per heavy atom. The molecule has 3 nitrogen and oxygen atoms in total. The van der Waals surface area contributed by atoms with Gasteiger partial charge in [-0.2, -0.15) is 0 Å². The van der Waals surface area contributed by atoms with Crippen LogP contribution in [0.3, 0.4) is 0 Å². The van der Waals surface area contributed by atoms with Gasteiger partial charge < -0.3 is 5.73 Å². The fraction of sp³-hybridized carbons (Fsp3) is 0.120. The number of rotatable bonds is 1. The van der Waals surface area contributed by atoms with Gasteiger partial charge in [-0.05, 0) is 41.8 Å². The van der Waals surface area contributed by atoms with Gasteiger partial charge in [-0.3, -0.25) is 0 Å². The zero-order chi connectivity index (χ0) is 18.9. The van der Waals surface area contributed by atoms with E-state index in [4.69, 9.17) is 5.73 Å². The molecule has 0 saturated heterocycles. The topological polar surface area (TPSA) is 33.8 Å². The molecule has 3 heterocycles. The van der Waals surface area contributed by atoms with Crippen LogP contribution in [0.25, 0.3) is 22.5 Å². The first-order valence-electron chi connectivity index (χ1n) is 9.74. The lowest BCUT2D eigenvalue weighted by Gasteiger charge is -2.18. The molecule has 4 aromatic rings. The molecule has 5 rings (SSSR count). The number of pyridine rings is 2. The van der Waals surface area contributed by atoms with Crippen LogP contribution in [0.2, 0.25) is 0 Å². The predicted molar refractivity (Wildman–Crippen MR) is 110 cm³/mol. The normalized spacial score (nSPS) is 13.0. The van der Waals surface area contributed by atoms with Crippen molar-refractivity contribution in [3.8, 4) is 22.5 Å². The molecule has 0 amide bonds. The van der Waals surface area contributed by atoms with E-state index in [1.807, 2.05) is 0 Å². The first kappa shape index (κ1) is 16.8. The molecule has 2 N–H and O–H groups in total. The summed E-state index contributed by atoms with van der Waals surface area (Å²) in [7, 11) is 0. The van der Waals surface area contributed by atoms with Crippen molar-refractivity contribution in [3.63, 3.8) is 0 Å². The highest BCUT2D eigenvalue weighted by atomic mass is 15.2. The fourth-order valence-electron chi connectivity index (χ4n) is 4.30. The lowest BCUT2D eigenvalue weighted by Crippen LogP contribution is -2.62. The SMILES string of the molecule is NCC1[n+]2ccccc2-c2ccccc2Cc2ccccc2-c2cccc[n+]21. The Hall–Kier alpha value is -3.30. The summed E-state index contributed by atoms with van der Waals surface area (Å²) in [6.07, 6.45) is 5.16. The van der Waals surface area contributed by atoms with E-state index in [2.05, 4.69) is 106 Å². The number of hydrogen-bond acceptors (Lipinski definition) is 1. The first-order chi connectivity index (χ1) is 13.9. The first-order valence-corrected chi connectivity index (χ1v) is 9.74. The van der Waals surface area contributed by atoms with Crippen LogP contribution in [0.1, 0.15) is 17.3 Å². The highest BCUT2D eigenvalue weighted by Gasteiger charge is 2.34. The van der Waals surface area contributed by atoms with E-state index in [-0.39, 0.29) is 6.17 Å². The molecule has 136 valence electrons. The Morgan fingerprint density at radius 2 is 1.11 bits per heavy atom. The van der Waals surface area contributed by atoms with Crippen LogP contribution in [0.5, 0.6) is 0 Å². The van der Waals surface area contributed by atoms with E-state index in [9.17, 15) is 0 Å². The lowest BCUT2D eigenvalue weighted by atomic mass is 9.92. The van der Waals surface area contributed by atoms with Crippen molar-refractivity contribution in [2.75, 3.05) is 6.54 Å². The van der Waals surface area contributed by atoms with Gasteiger partial charge in [0.1, 0.15) is 6.54 Å². The predicted octanol–water partition coefficient (Wildman–Crippen LogP) is 3.51. The standard InChI is InChI=1S/C25H23N3/c26-18-25-27-15-7-5-13-23(27)21-11-3-1-9-19(21)17-20-10-2-4-12-22(20)24-14-6-8-16-28(24)25/h1-16,25H,17-18,26H2/q+2. The molecule has 0 saturated carbocycles. The minimum absolute atomic E-state index is 0.00777. The van der Waals surface area contributed by atoms with E-state index in [1.165, 1.54) is 33.6 Å². The van der Waals surface area contributed by atoms with Crippen LogP contribution in [0, 0.1) is 0 Å². The molecule has 2 aromatic heterocycles. The second-order valence-corrected chi connectivity index (χ2v) is 7.19. The van der Waals surface area contributed by atoms with Crippen LogP contribution in [0.4, 0.5) is 0 Å². The maximum absolute atomic E-state index is 6.34. The summed E-state index contributed by atoms with van der Waals surface area (Å²) in [5.41, 5.74) is 13.9. The number of benzene rings is 2. The Balaban J connectivity index is 1.89. The maximum atomic E-state index is 6.34. The fourth-order valence-corrected chi connectivity index (χ4v) is 4.30. The molecule has 0 radical (unpaired) electrons. The van der Waals surface area contributed by atoms with E-state index < -0.39 is 0 Å². The molecule has 28 heavy (non-hydrogen) atoms. The third kappa shape index (κ3) is 2.72. The molecule has 2 aromatic carbocycles. The number of hydrogen-bond donors (Lipinski definition) is 1. The van der Waals surface area contributed by atoms with Gasteiger partial charge in [-0.1, -0.05) is 36.4 Å². The molecule has 0 spiro atoms. The maximum Gasteiger partial charge on any atom is 0.365 e. The van der Waals surface area contributed by atoms with Gasteiger partial charge in [0.15, 0.2) is 12.4 Å². The van der Waals surface area contributed by atoms with Crippen LogP contribution in [-0.2, 0) is 6.42 Å². The molecule has 0 fully saturated rings. The van der Waals surface area contributed by atoms with Crippen molar-refractivity contribution in [3.05, 3.63) is 108 Å². The molecule has 1 aliphatic rings. The summed E-state index contributed by atoms with van der Waals surface area (Å²) >= 11 is 0. The van der Waals surface area contributed by atoms with Crippen molar-refractivity contribution < 1.29 is 9.13 Å². The number of fused-ring (bicyclic) bond motifs is 6. The Labute approximate surface area is 165 Å². The van der Waals surface area contributed by atoms with Gasteiger partial charge >= 0.3 is 6.17 Å². The van der Waals surface area contributed by atoms with E-state index in [0.717, 1.165) is 6.42 Å². The van der Waals surface area contributed by atoms with Gasteiger partial charge in [0.2, 0.25) is 11.4 Å². The number of aromatic nitrogens is 2. The largest absolute Gasteiger partial charge is 0.365 e. The quantitative estimate of drug-likeness (QED) is 0.515. The smallest absolute Gasteiger partial charge is 0.319 e. The van der Waals surface area contributed by atoms with E-state index >= 15 is 0 Å². The highest BCUT2D eigenvalue weighted by molar-refractivity contribution is 5.66.